The van der Waals surface area contributed by atoms with Gasteiger partial charge in [0, 0.05) is 11.8 Å². The quantitative estimate of drug-likeness (QED) is 0.556. The molecule has 1 N–H and O–H groups in total. The molecule has 0 spiro atoms. The van der Waals surface area contributed by atoms with Gasteiger partial charge in [0.05, 0.1) is 18.4 Å². The van der Waals surface area contributed by atoms with Gasteiger partial charge >= 0.3 is 5.97 Å². The highest BCUT2D eigenvalue weighted by Crippen LogP contribution is 2.27. The van der Waals surface area contributed by atoms with Gasteiger partial charge in [-0.3, -0.25) is 4.98 Å². The molecule has 0 radical (unpaired) electrons. The van der Waals surface area contributed by atoms with E-state index in [0.717, 1.165) is 22.5 Å². The number of aryl methyl sites for hydroxylation is 1. The number of benzene rings is 2. The van der Waals surface area contributed by atoms with Gasteiger partial charge in [-0.2, -0.15) is 0 Å². The van der Waals surface area contributed by atoms with Gasteiger partial charge in [-0.15, -0.1) is 0 Å². The van der Waals surface area contributed by atoms with Gasteiger partial charge in [0.1, 0.15) is 11.6 Å². The Morgan fingerprint density at radius 2 is 1.93 bits per heavy atom. The Bertz CT molecular complexity index is 1180. The Hall–Kier alpha value is -3.54. The van der Waals surface area contributed by atoms with Crippen LogP contribution in [0.3, 0.4) is 0 Å². The molecule has 4 aromatic rings. The lowest BCUT2D eigenvalue weighted by atomic mass is 10.0. The Balaban J connectivity index is 1.94. The molecule has 5 nitrogen and oxygen atoms in total. The van der Waals surface area contributed by atoms with Gasteiger partial charge in [0.2, 0.25) is 0 Å². The van der Waals surface area contributed by atoms with Crippen molar-refractivity contribution >= 4 is 16.7 Å². The highest BCUT2D eigenvalue weighted by molar-refractivity contribution is 5.89. The van der Waals surface area contributed by atoms with E-state index in [1.165, 1.54) is 12.3 Å². The summed E-state index contributed by atoms with van der Waals surface area (Å²) in [7, 11) is 0. The monoisotopic (exact) mass is 375 g/mol. The van der Waals surface area contributed by atoms with Crippen molar-refractivity contribution in [2.24, 2.45) is 0 Å². The second-order valence-electron chi connectivity index (χ2n) is 6.51. The van der Waals surface area contributed by atoms with E-state index < -0.39 is 11.8 Å². The summed E-state index contributed by atoms with van der Waals surface area (Å²) in [5, 5.41) is 11.9. The molecule has 140 valence electrons. The summed E-state index contributed by atoms with van der Waals surface area (Å²) in [4.78, 5) is 20.4. The average molecular weight is 375 g/mol. The number of hydrogen-bond acceptors (Lipinski definition) is 3. The first-order chi connectivity index (χ1) is 13.6. The van der Waals surface area contributed by atoms with Crippen molar-refractivity contribution in [2.45, 2.75) is 19.9 Å². The first-order valence-electron chi connectivity index (χ1n) is 8.98. The molecule has 0 bridgehead atoms. The molecule has 0 saturated heterocycles. The predicted octanol–water partition coefficient (Wildman–Crippen LogP) is 4.55. The largest absolute Gasteiger partial charge is 0.477 e. The van der Waals surface area contributed by atoms with E-state index in [-0.39, 0.29) is 5.69 Å². The fourth-order valence-corrected chi connectivity index (χ4v) is 3.50. The van der Waals surface area contributed by atoms with Crippen LogP contribution >= 0.6 is 0 Å². The van der Waals surface area contributed by atoms with Crippen LogP contribution in [0.25, 0.3) is 22.2 Å². The highest BCUT2D eigenvalue weighted by atomic mass is 19.1. The van der Waals surface area contributed by atoms with Crippen molar-refractivity contribution in [3.05, 3.63) is 83.7 Å². The minimum Gasteiger partial charge on any atom is -0.477 e. The number of halogens is 1. The number of carboxylic acid groups (broad SMARTS) is 1. The fraction of sp³-hybridized carbons (Fsp3) is 0.136. The number of pyridine rings is 1. The van der Waals surface area contributed by atoms with E-state index in [9.17, 15) is 14.3 Å². The highest BCUT2D eigenvalue weighted by Gasteiger charge is 2.23. The maximum Gasteiger partial charge on any atom is 0.354 e. The summed E-state index contributed by atoms with van der Waals surface area (Å²) in [5.41, 5.74) is 2.00. The molecule has 0 aliphatic carbocycles. The molecule has 0 fully saturated rings. The molecule has 4 rings (SSSR count). The Kier molecular flexibility index (Phi) is 4.61. The summed E-state index contributed by atoms with van der Waals surface area (Å²) >= 11 is 0. The van der Waals surface area contributed by atoms with Crippen LogP contribution in [-0.4, -0.2) is 25.6 Å². The van der Waals surface area contributed by atoms with E-state index in [1.807, 2.05) is 49.4 Å². The molecule has 6 heteroatoms. The van der Waals surface area contributed by atoms with Crippen molar-refractivity contribution in [1.29, 1.82) is 0 Å². The Morgan fingerprint density at radius 1 is 1.14 bits per heavy atom. The molecule has 2 aromatic heterocycles. The summed E-state index contributed by atoms with van der Waals surface area (Å²) in [6, 6.07) is 15.2. The minimum absolute atomic E-state index is 0.120. The van der Waals surface area contributed by atoms with Crippen LogP contribution in [0.5, 0.6) is 0 Å². The molecule has 0 aliphatic heterocycles. The number of aromatic carboxylic acids is 1. The first kappa shape index (κ1) is 17.9. The molecule has 0 saturated carbocycles. The number of fused-ring (bicyclic) bond motifs is 1. The van der Waals surface area contributed by atoms with Crippen LogP contribution in [0, 0.1) is 5.82 Å². The summed E-state index contributed by atoms with van der Waals surface area (Å²) in [5.74, 6) is -1.15. The number of imidazole rings is 1. The third-order valence-corrected chi connectivity index (χ3v) is 4.75. The van der Waals surface area contributed by atoms with Gasteiger partial charge < -0.3 is 9.67 Å². The Morgan fingerprint density at radius 3 is 2.68 bits per heavy atom. The van der Waals surface area contributed by atoms with Crippen molar-refractivity contribution < 1.29 is 14.3 Å². The van der Waals surface area contributed by atoms with Gasteiger partial charge in [-0.05, 0) is 28.8 Å². The number of carboxylic acids is 1. The lowest BCUT2D eigenvalue weighted by Crippen LogP contribution is -2.12. The van der Waals surface area contributed by atoms with E-state index >= 15 is 0 Å². The Labute approximate surface area is 161 Å². The maximum absolute atomic E-state index is 13.8. The number of rotatable bonds is 5. The second-order valence-corrected chi connectivity index (χ2v) is 6.51. The molecule has 28 heavy (non-hydrogen) atoms. The normalized spacial score (nSPS) is 11.1. The van der Waals surface area contributed by atoms with Crippen molar-refractivity contribution in [1.82, 2.24) is 14.5 Å². The minimum atomic E-state index is -1.06. The molecule has 0 aliphatic rings. The zero-order valence-electron chi connectivity index (χ0n) is 15.3. The van der Waals surface area contributed by atoms with E-state index in [0.29, 0.717) is 30.0 Å². The van der Waals surface area contributed by atoms with E-state index in [2.05, 4.69) is 9.97 Å². The first-order valence-corrected chi connectivity index (χ1v) is 8.98. The van der Waals surface area contributed by atoms with E-state index in [1.54, 1.807) is 4.57 Å². The lowest BCUT2D eigenvalue weighted by molar-refractivity contribution is 0.0684. The predicted molar refractivity (Wildman–Crippen MR) is 105 cm³/mol. The SMILES string of the molecule is CCc1nc(-c2cncc(F)c2)n(Cc2cccc3ccccc23)c1C(=O)O. The van der Waals surface area contributed by atoms with Gasteiger partial charge in [0.25, 0.3) is 0 Å². The molecule has 0 unspecified atom stereocenters. The molecule has 2 heterocycles. The molecular weight excluding hydrogens is 357 g/mol. The van der Waals surface area contributed by atoms with Crippen LogP contribution in [0.2, 0.25) is 0 Å². The zero-order chi connectivity index (χ0) is 19.7. The summed E-state index contributed by atoms with van der Waals surface area (Å²) < 4.78 is 15.4. The average Bonchev–Trinajstić information content (AvgIpc) is 3.07. The van der Waals surface area contributed by atoms with Crippen LogP contribution in [-0.2, 0) is 13.0 Å². The maximum atomic E-state index is 13.8. The third kappa shape index (κ3) is 3.13. The van der Waals surface area contributed by atoms with Crippen LogP contribution in [0.1, 0.15) is 28.7 Å². The van der Waals surface area contributed by atoms with Crippen molar-refractivity contribution in [3.63, 3.8) is 0 Å². The van der Waals surface area contributed by atoms with Crippen LogP contribution in [0.15, 0.2) is 60.9 Å². The second kappa shape index (κ2) is 7.23. The van der Waals surface area contributed by atoms with E-state index in [4.69, 9.17) is 0 Å². The zero-order valence-corrected chi connectivity index (χ0v) is 15.3. The third-order valence-electron chi connectivity index (χ3n) is 4.75. The van der Waals surface area contributed by atoms with Crippen LogP contribution in [0.4, 0.5) is 4.39 Å². The topological polar surface area (TPSA) is 68.0 Å². The van der Waals surface area contributed by atoms with Crippen LogP contribution < -0.4 is 0 Å². The molecule has 2 aromatic carbocycles. The number of hydrogen-bond donors (Lipinski definition) is 1. The lowest BCUT2D eigenvalue weighted by Gasteiger charge is -2.13. The summed E-state index contributed by atoms with van der Waals surface area (Å²) in [6.45, 7) is 2.16. The summed E-state index contributed by atoms with van der Waals surface area (Å²) in [6.07, 6.45) is 3.07. The smallest absolute Gasteiger partial charge is 0.354 e. The molecule has 0 atom stereocenters. The number of carbonyl (C=O) groups is 1. The number of nitrogens with zero attached hydrogens (tertiary/aromatic N) is 3. The fourth-order valence-electron chi connectivity index (χ4n) is 3.50. The number of aromatic nitrogens is 3. The van der Waals surface area contributed by atoms with Gasteiger partial charge in [-0.1, -0.05) is 49.4 Å². The van der Waals surface area contributed by atoms with Crippen molar-refractivity contribution in [2.75, 3.05) is 0 Å². The standard InChI is InChI=1S/C22H18FN3O2/c1-2-19-20(22(27)28)26(21(25-19)16-10-17(23)12-24-11-16)13-15-8-5-7-14-6-3-4-9-18(14)15/h3-12H,2,13H2,1H3,(H,27,28). The molecule has 0 amide bonds. The molecular formula is C22H18FN3O2. The van der Waals surface area contributed by atoms with Crippen molar-refractivity contribution in [3.8, 4) is 11.4 Å². The van der Waals surface area contributed by atoms with Gasteiger partial charge in [0.15, 0.2) is 5.69 Å². The van der Waals surface area contributed by atoms with Gasteiger partial charge in [-0.25, -0.2) is 14.2 Å².